The van der Waals surface area contributed by atoms with Gasteiger partial charge in [0.25, 0.3) is 5.69 Å². The number of hydrogen-bond acceptors (Lipinski definition) is 6. The summed E-state index contributed by atoms with van der Waals surface area (Å²) >= 11 is 0. The second-order valence-electron chi connectivity index (χ2n) is 3.16. The summed E-state index contributed by atoms with van der Waals surface area (Å²) in [7, 11) is 0. The second kappa shape index (κ2) is 6.66. The highest BCUT2D eigenvalue weighted by Crippen LogP contribution is 2.28. The van der Waals surface area contributed by atoms with E-state index in [1.807, 2.05) is 0 Å². The molecule has 94 valence electrons. The van der Waals surface area contributed by atoms with E-state index in [2.05, 4.69) is 5.32 Å². The van der Waals surface area contributed by atoms with Crippen molar-refractivity contribution in [1.29, 1.82) is 0 Å². The molecule has 0 bridgehead atoms. The van der Waals surface area contributed by atoms with Crippen LogP contribution in [0.3, 0.4) is 0 Å². The smallest absolute Gasteiger partial charge is 0.271 e. The van der Waals surface area contributed by atoms with Gasteiger partial charge in [-0.2, -0.15) is 0 Å². The summed E-state index contributed by atoms with van der Waals surface area (Å²) in [6.45, 7) is 0.126. The number of nitrogens with one attached hydrogen (secondary N) is 1. The Hall–Kier alpha value is -1.86. The van der Waals surface area contributed by atoms with Gasteiger partial charge in [0.2, 0.25) is 0 Å². The third-order valence-corrected chi connectivity index (χ3v) is 1.95. The summed E-state index contributed by atoms with van der Waals surface area (Å²) < 4.78 is 5.20. The normalized spacial score (nSPS) is 10.0. The molecule has 0 radical (unpaired) electrons. The Kier molecular flexibility index (Phi) is 5.18. The lowest BCUT2D eigenvalue weighted by atomic mass is 10.2. The Morgan fingerprint density at radius 2 is 2.12 bits per heavy atom. The molecule has 0 aliphatic rings. The van der Waals surface area contributed by atoms with Crippen LogP contribution in [0.25, 0.3) is 0 Å². The summed E-state index contributed by atoms with van der Waals surface area (Å²) in [5, 5.41) is 30.7. The lowest BCUT2D eigenvalue weighted by Crippen LogP contribution is -2.09. The van der Waals surface area contributed by atoms with Crippen molar-refractivity contribution in [2.45, 2.75) is 0 Å². The molecule has 0 saturated carbocycles. The Bertz CT molecular complexity index is 383. The maximum atomic E-state index is 10.6. The predicted molar refractivity (Wildman–Crippen MR) is 61.3 cm³/mol. The lowest BCUT2D eigenvalue weighted by molar-refractivity contribution is -0.384. The molecule has 0 aliphatic heterocycles. The van der Waals surface area contributed by atoms with Crippen molar-refractivity contribution in [3.8, 4) is 5.75 Å². The van der Waals surface area contributed by atoms with E-state index in [0.717, 1.165) is 0 Å². The maximum absolute atomic E-state index is 10.6. The Balaban J connectivity index is 2.90. The summed E-state index contributed by atoms with van der Waals surface area (Å²) in [6, 6.07) is 4.09. The summed E-state index contributed by atoms with van der Waals surface area (Å²) in [4.78, 5) is 10.1. The van der Waals surface area contributed by atoms with E-state index in [-0.39, 0.29) is 32.1 Å². The van der Waals surface area contributed by atoms with Crippen molar-refractivity contribution in [2.75, 3.05) is 31.7 Å². The molecule has 0 amide bonds. The maximum Gasteiger partial charge on any atom is 0.271 e. The van der Waals surface area contributed by atoms with Crippen LogP contribution in [-0.4, -0.2) is 41.5 Å². The lowest BCUT2D eigenvalue weighted by Gasteiger charge is -2.11. The molecule has 0 aliphatic carbocycles. The van der Waals surface area contributed by atoms with Gasteiger partial charge in [0.05, 0.1) is 23.8 Å². The first-order valence-corrected chi connectivity index (χ1v) is 5.06. The minimum absolute atomic E-state index is 0.0678. The molecule has 17 heavy (non-hydrogen) atoms. The second-order valence-corrected chi connectivity index (χ2v) is 3.16. The van der Waals surface area contributed by atoms with Crippen molar-refractivity contribution in [2.24, 2.45) is 0 Å². The largest absolute Gasteiger partial charge is 0.489 e. The van der Waals surface area contributed by atoms with Crippen molar-refractivity contribution in [3.05, 3.63) is 28.3 Å². The highest BCUT2D eigenvalue weighted by molar-refractivity contribution is 5.61. The molecule has 0 fully saturated rings. The van der Waals surface area contributed by atoms with Gasteiger partial charge in [-0.25, -0.2) is 0 Å². The van der Waals surface area contributed by atoms with E-state index >= 15 is 0 Å². The average molecular weight is 242 g/mol. The number of rotatable bonds is 7. The molecular weight excluding hydrogens is 228 g/mol. The molecule has 1 aromatic carbocycles. The molecule has 1 rings (SSSR count). The first kappa shape index (κ1) is 13.2. The minimum Gasteiger partial charge on any atom is -0.489 e. The molecule has 7 nitrogen and oxygen atoms in total. The highest BCUT2D eigenvalue weighted by atomic mass is 16.6. The monoisotopic (exact) mass is 242 g/mol. The van der Waals surface area contributed by atoms with Crippen molar-refractivity contribution in [1.82, 2.24) is 0 Å². The number of nitro benzene ring substituents is 1. The van der Waals surface area contributed by atoms with Gasteiger partial charge in [-0.05, 0) is 6.07 Å². The Labute approximate surface area is 97.8 Å². The minimum atomic E-state index is -0.514. The van der Waals surface area contributed by atoms with Gasteiger partial charge in [-0.3, -0.25) is 10.1 Å². The van der Waals surface area contributed by atoms with Crippen LogP contribution < -0.4 is 10.1 Å². The number of non-ortho nitro benzene ring substituents is 1. The molecule has 0 atom stereocenters. The molecule has 0 spiro atoms. The average Bonchev–Trinajstić information content (AvgIpc) is 2.34. The molecule has 1 aromatic rings. The fourth-order valence-corrected chi connectivity index (χ4v) is 1.24. The molecule has 0 heterocycles. The van der Waals surface area contributed by atoms with Crippen LogP contribution in [0, 0.1) is 10.1 Å². The fraction of sp³-hybridized carbons (Fsp3) is 0.400. The topological polar surface area (TPSA) is 105 Å². The standard InChI is InChI=1S/C10H14N2O5/c13-4-3-11-9-7-8(12(15)16)1-2-10(9)17-6-5-14/h1-2,7,11,13-14H,3-6H2. The summed E-state index contributed by atoms with van der Waals surface area (Å²) in [5.41, 5.74) is 0.350. The zero-order valence-corrected chi connectivity index (χ0v) is 9.13. The van der Waals surface area contributed by atoms with E-state index in [0.29, 0.717) is 11.4 Å². The van der Waals surface area contributed by atoms with Crippen LogP contribution >= 0.6 is 0 Å². The van der Waals surface area contributed by atoms with Gasteiger partial charge in [-0.1, -0.05) is 0 Å². The number of nitro groups is 1. The Morgan fingerprint density at radius 1 is 1.35 bits per heavy atom. The Morgan fingerprint density at radius 3 is 2.71 bits per heavy atom. The number of aliphatic hydroxyl groups excluding tert-OH is 2. The first-order valence-electron chi connectivity index (χ1n) is 5.06. The third-order valence-electron chi connectivity index (χ3n) is 1.95. The van der Waals surface area contributed by atoms with E-state index in [9.17, 15) is 10.1 Å². The number of ether oxygens (including phenoxy) is 1. The SMILES string of the molecule is O=[N+]([O-])c1ccc(OCCO)c(NCCO)c1. The van der Waals surface area contributed by atoms with Gasteiger partial charge >= 0.3 is 0 Å². The van der Waals surface area contributed by atoms with E-state index in [1.165, 1.54) is 18.2 Å². The first-order chi connectivity index (χ1) is 8.19. The number of aliphatic hydroxyl groups is 2. The van der Waals surface area contributed by atoms with Crippen LogP contribution in [-0.2, 0) is 0 Å². The van der Waals surface area contributed by atoms with Crippen molar-refractivity contribution in [3.63, 3.8) is 0 Å². The fourth-order valence-electron chi connectivity index (χ4n) is 1.24. The van der Waals surface area contributed by atoms with Crippen LogP contribution in [0.5, 0.6) is 5.75 Å². The predicted octanol–water partition coefficient (Wildman–Crippen LogP) is 0.370. The molecule has 7 heteroatoms. The van der Waals surface area contributed by atoms with Gasteiger partial charge in [0, 0.05) is 18.7 Å². The molecule has 3 N–H and O–H groups in total. The zero-order valence-electron chi connectivity index (χ0n) is 9.13. The van der Waals surface area contributed by atoms with Crippen LogP contribution in [0.1, 0.15) is 0 Å². The summed E-state index contributed by atoms with van der Waals surface area (Å²) in [5.74, 6) is 0.401. The number of hydrogen-bond donors (Lipinski definition) is 3. The molecule has 0 aromatic heterocycles. The van der Waals surface area contributed by atoms with Gasteiger partial charge < -0.3 is 20.3 Å². The van der Waals surface area contributed by atoms with Crippen LogP contribution in [0.4, 0.5) is 11.4 Å². The van der Waals surface area contributed by atoms with Crippen LogP contribution in [0.2, 0.25) is 0 Å². The highest BCUT2D eigenvalue weighted by Gasteiger charge is 2.11. The number of benzene rings is 1. The molecular formula is C10H14N2O5. The molecule has 0 unspecified atom stereocenters. The third kappa shape index (κ3) is 3.89. The van der Waals surface area contributed by atoms with Gasteiger partial charge in [0.15, 0.2) is 0 Å². The van der Waals surface area contributed by atoms with Crippen molar-refractivity contribution >= 4 is 11.4 Å². The zero-order chi connectivity index (χ0) is 12.7. The van der Waals surface area contributed by atoms with E-state index in [4.69, 9.17) is 14.9 Å². The number of nitrogens with zero attached hydrogens (tertiary/aromatic N) is 1. The number of anilines is 1. The van der Waals surface area contributed by atoms with Crippen molar-refractivity contribution < 1.29 is 19.9 Å². The van der Waals surface area contributed by atoms with Gasteiger partial charge in [0.1, 0.15) is 12.4 Å². The molecule has 0 saturated heterocycles. The van der Waals surface area contributed by atoms with E-state index < -0.39 is 4.92 Å². The quantitative estimate of drug-likeness (QED) is 0.471. The van der Waals surface area contributed by atoms with E-state index in [1.54, 1.807) is 0 Å². The summed E-state index contributed by atoms with van der Waals surface area (Å²) in [6.07, 6.45) is 0. The van der Waals surface area contributed by atoms with Gasteiger partial charge in [-0.15, -0.1) is 0 Å². The van der Waals surface area contributed by atoms with Crippen LogP contribution in [0.15, 0.2) is 18.2 Å².